The van der Waals surface area contributed by atoms with Gasteiger partial charge in [-0.3, -0.25) is 9.48 Å². The molecule has 4 heterocycles. The van der Waals surface area contributed by atoms with Crippen LogP contribution in [0.5, 0.6) is 0 Å². The summed E-state index contributed by atoms with van der Waals surface area (Å²) in [6.45, 7) is 1.58. The SMILES string of the molecule is Cn1ccc(C(=O)NC2CCCN(c3ncnc4c3ncn4C)C2)n1. The van der Waals surface area contributed by atoms with Crippen LogP contribution in [-0.4, -0.2) is 54.3 Å². The van der Waals surface area contributed by atoms with E-state index in [1.807, 2.05) is 11.6 Å². The lowest BCUT2D eigenvalue weighted by Gasteiger charge is -2.33. The molecule has 1 saturated heterocycles. The molecule has 4 rings (SSSR count). The fourth-order valence-electron chi connectivity index (χ4n) is 3.25. The molecule has 1 unspecified atom stereocenters. The second kappa shape index (κ2) is 6.15. The van der Waals surface area contributed by atoms with E-state index in [4.69, 9.17) is 0 Å². The van der Waals surface area contributed by atoms with Gasteiger partial charge in [0.15, 0.2) is 17.0 Å². The summed E-state index contributed by atoms with van der Waals surface area (Å²) in [5, 5.41) is 7.23. The van der Waals surface area contributed by atoms with Crippen molar-refractivity contribution in [1.82, 2.24) is 34.6 Å². The Labute approximate surface area is 144 Å². The van der Waals surface area contributed by atoms with Crippen LogP contribution in [0, 0.1) is 0 Å². The molecular weight excluding hydrogens is 320 g/mol. The average molecular weight is 340 g/mol. The van der Waals surface area contributed by atoms with E-state index in [1.165, 1.54) is 0 Å². The first-order chi connectivity index (χ1) is 12.1. The molecule has 25 heavy (non-hydrogen) atoms. The molecule has 1 fully saturated rings. The van der Waals surface area contributed by atoms with Gasteiger partial charge in [-0.25, -0.2) is 15.0 Å². The lowest BCUT2D eigenvalue weighted by molar-refractivity contribution is 0.0927. The monoisotopic (exact) mass is 340 g/mol. The number of rotatable bonds is 3. The Hall–Kier alpha value is -2.97. The molecule has 0 radical (unpaired) electrons. The molecule has 0 aromatic carbocycles. The van der Waals surface area contributed by atoms with Crippen LogP contribution in [0.1, 0.15) is 23.3 Å². The van der Waals surface area contributed by atoms with Gasteiger partial charge < -0.3 is 14.8 Å². The highest BCUT2D eigenvalue weighted by molar-refractivity contribution is 5.92. The maximum absolute atomic E-state index is 12.3. The molecule has 1 aliphatic heterocycles. The normalized spacial score (nSPS) is 17.8. The number of nitrogens with zero attached hydrogens (tertiary/aromatic N) is 7. The van der Waals surface area contributed by atoms with Gasteiger partial charge in [-0.1, -0.05) is 0 Å². The van der Waals surface area contributed by atoms with Gasteiger partial charge in [-0.2, -0.15) is 5.10 Å². The second-order valence-electron chi connectivity index (χ2n) is 6.36. The molecule has 1 aliphatic rings. The van der Waals surface area contributed by atoms with Crippen molar-refractivity contribution >= 4 is 22.9 Å². The van der Waals surface area contributed by atoms with Crippen molar-refractivity contribution < 1.29 is 4.79 Å². The number of hydrogen-bond donors (Lipinski definition) is 1. The number of amides is 1. The summed E-state index contributed by atoms with van der Waals surface area (Å²) < 4.78 is 3.51. The third-order valence-electron chi connectivity index (χ3n) is 4.48. The van der Waals surface area contributed by atoms with E-state index in [2.05, 4.69) is 30.3 Å². The van der Waals surface area contributed by atoms with E-state index < -0.39 is 0 Å². The van der Waals surface area contributed by atoms with Crippen molar-refractivity contribution in [2.75, 3.05) is 18.0 Å². The third kappa shape index (κ3) is 2.92. The van der Waals surface area contributed by atoms with Crippen LogP contribution in [-0.2, 0) is 14.1 Å². The summed E-state index contributed by atoms with van der Waals surface area (Å²) in [5.41, 5.74) is 2.04. The van der Waals surface area contributed by atoms with Crippen LogP contribution in [0.15, 0.2) is 24.9 Å². The molecule has 3 aromatic heterocycles. The first kappa shape index (κ1) is 15.6. The first-order valence-corrected chi connectivity index (χ1v) is 8.29. The van der Waals surface area contributed by atoms with E-state index in [9.17, 15) is 4.79 Å². The number of aromatic nitrogens is 6. The van der Waals surface area contributed by atoms with E-state index in [0.717, 1.165) is 36.4 Å². The standard InChI is InChI=1S/C16H20N8O/c1-22-10-19-13-14(22)17-9-18-15(13)24-6-3-4-11(8-24)20-16(25)12-5-7-23(2)21-12/h5,7,9-11H,3-4,6,8H2,1-2H3,(H,20,25). The molecule has 3 aromatic rings. The van der Waals surface area contributed by atoms with Crippen LogP contribution in [0.3, 0.4) is 0 Å². The van der Waals surface area contributed by atoms with E-state index >= 15 is 0 Å². The lowest BCUT2D eigenvalue weighted by atomic mass is 10.1. The zero-order valence-electron chi connectivity index (χ0n) is 14.3. The van der Waals surface area contributed by atoms with E-state index in [-0.39, 0.29) is 11.9 Å². The minimum absolute atomic E-state index is 0.0528. The molecule has 0 saturated carbocycles. The zero-order chi connectivity index (χ0) is 17.4. The van der Waals surface area contributed by atoms with E-state index in [0.29, 0.717) is 12.2 Å². The Balaban J connectivity index is 1.51. The molecule has 1 amide bonds. The van der Waals surface area contributed by atoms with Crippen molar-refractivity contribution in [3.8, 4) is 0 Å². The topological polar surface area (TPSA) is 93.8 Å². The number of anilines is 1. The Morgan fingerprint density at radius 2 is 2.16 bits per heavy atom. The fraction of sp³-hybridized carbons (Fsp3) is 0.438. The quantitative estimate of drug-likeness (QED) is 0.746. The molecule has 0 spiro atoms. The van der Waals surface area contributed by atoms with Gasteiger partial charge in [-0.05, 0) is 18.9 Å². The van der Waals surface area contributed by atoms with Gasteiger partial charge in [0.05, 0.1) is 6.33 Å². The van der Waals surface area contributed by atoms with Gasteiger partial charge in [0, 0.05) is 39.4 Å². The highest BCUT2D eigenvalue weighted by Crippen LogP contribution is 2.24. The highest BCUT2D eigenvalue weighted by Gasteiger charge is 2.25. The molecule has 130 valence electrons. The number of carbonyl (C=O) groups is 1. The Kier molecular flexibility index (Phi) is 3.83. The number of fused-ring (bicyclic) bond motifs is 1. The van der Waals surface area contributed by atoms with Gasteiger partial charge in [0.25, 0.3) is 5.91 Å². The van der Waals surface area contributed by atoms with Gasteiger partial charge >= 0.3 is 0 Å². The minimum Gasteiger partial charge on any atom is -0.353 e. The smallest absolute Gasteiger partial charge is 0.272 e. The average Bonchev–Trinajstić information content (AvgIpc) is 3.21. The van der Waals surface area contributed by atoms with Gasteiger partial charge in [-0.15, -0.1) is 0 Å². The summed E-state index contributed by atoms with van der Waals surface area (Å²) >= 11 is 0. The molecule has 1 N–H and O–H groups in total. The number of nitrogens with one attached hydrogen (secondary N) is 1. The summed E-state index contributed by atoms with van der Waals surface area (Å²) in [5.74, 6) is 0.681. The number of piperidine rings is 1. The molecular formula is C16H20N8O. The van der Waals surface area contributed by atoms with Crippen LogP contribution < -0.4 is 10.2 Å². The van der Waals surface area contributed by atoms with Crippen molar-refractivity contribution in [3.63, 3.8) is 0 Å². The predicted molar refractivity (Wildman–Crippen MR) is 92.2 cm³/mol. The second-order valence-corrected chi connectivity index (χ2v) is 6.36. The van der Waals surface area contributed by atoms with Crippen molar-refractivity contribution in [3.05, 3.63) is 30.6 Å². The first-order valence-electron chi connectivity index (χ1n) is 8.29. The third-order valence-corrected chi connectivity index (χ3v) is 4.48. The molecule has 9 heteroatoms. The van der Waals surface area contributed by atoms with Crippen molar-refractivity contribution in [1.29, 1.82) is 0 Å². The lowest BCUT2D eigenvalue weighted by Crippen LogP contribution is -2.48. The van der Waals surface area contributed by atoms with Crippen molar-refractivity contribution in [2.24, 2.45) is 14.1 Å². The van der Waals surface area contributed by atoms with Crippen LogP contribution in [0.25, 0.3) is 11.2 Å². The predicted octanol–water partition coefficient (Wildman–Crippen LogP) is 0.496. The summed E-state index contributed by atoms with van der Waals surface area (Å²) in [7, 11) is 3.71. The van der Waals surface area contributed by atoms with Gasteiger partial charge in [0.1, 0.15) is 12.0 Å². The molecule has 1 atom stereocenters. The fourth-order valence-corrected chi connectivity index (χ4v) is 3.25. The van der Waals surface area contributed by atoms with Crippen LogP contribution in [0.2, 0.25) is 0 Å². The largest absolute Gasteiger partial charge is 0.353 e. The Bertz CT molecular complexity index is 914. The molecule has 9 nitrogen and oxygen atoms in total. The maximum Gasteiger partial charge on any atom is 0.272 e. The number of imidazole rings is 1. The number of aryl methyl sites for hydroxylation is 2. The maximum atomic E-state index is 12.3. The van der Waals surface area contributed by atoms with Gasteiger partial charge in [0.2, 0.25) is 0 Å². The molecule has 0 bridgehead atoms. The summed E-state index contributed by atoms with van der Waals surface area (Å²) in [4.78, 5) is 27.7. The van der Waals surface area contributed by atoms with Crippen LogP contribution in [0.4, 0.5) is 5.82 Å². The molecule has 0 aliphatic carbocycles. The van der Waals surface area contributed by atoms with E-state index in [1.54, 1.807) is 36.6 Å². The number of hydrogen-bond acceptors (Lipinski definition) is 6. The van der Waals surface area contributed by atoms with Crippen LogP contribution >= 0.6 is 0 Å². The summed E-state index contributed by atoms with van der Waals surface area (Å²) in [6.07, 6.45) is 6.99. The Morgan fingerprint density at radius 3 is 2.96 bits per heavy atom. The minimum atomic E-state index is -0.141. The zero-order valence-corrected chi connectivity index (χ0v) is 14.3. The van der Waals surface area contributed by atoms with Crippen molar-refractivity contribution in [2.45, 2.75) is 18.9 Å². The number of carbonyl (C=O) groups excluding carboxylic acids is 1. The Morgan fingerprint density at radius 1 is 1.28 bits per heavy atom. The summed E-state index contributed by atoms with van der Waals surface area (Å²) in [6, 6.07) is 1.77. The highest BCUT2D eigenvalue weighted by atomic mass is 16.2.